The molecule has 0 spiro atoms. The van der Waals surface area contributed by atoms with Crippen LogP contribution in [0.2, 0.25) is 0 Å². The normalized spacial score (nSPS) is 15.5. The van der Waals surface area contributed by atoms with Crippen LogP contribution in [0.25, 0.3) is 0 Å². The summed E-state index contributed by atoms with van der Waals surface area (Å²) in [4.78, 5) is 22.6. The van der Waals surface area contributed by atoms with Gasteiger partial charge in [0.2, 0.25) is 11.8 Å². The molecule has 0 atom stereocenters. The average Bonchev–Trinajstić information content (AvgIpc) is 2.49. The summed E-state index contributed by atoms with van der Waals surface area (Å²) in [6.07, 6.45) is -3.04. The summed E-state index contributed by atoms with van der Waals surface area (Å²) in [6, 6.07) is 2.81. The molecule has 1 N–H and O–H groups in total. The number of pyridine rings is 1. The molecule has 0 aliphatic carbocycles. The molecule has 122 valence electrons. The number of nitrogens with one attached hydrogen (secondary N) is 1. The van der Waals surface area contributed by atoms with Gasteiger partial charge in [0.15, 0.2) is 0 Å². The van der Waals surface area contributed by atoms with Gasteiger partial charge >= 0.3 is 6.18 Å². The largest absolute Gasteiger partial charge is 0.449 e. The van der Waals surface area contributed by atoms with Gasteiger partial charge in [0.05, 0.1) is 11.3 Å². The molecule has 0 amide bonds. The van der Waals surface area contributed by atoms with Crippen molar-refractivity contribution in [3.63, 3.8) is 0 Å². The first-order chi connectivity index (χ1) is 10.8. The average molecular weight is 328 g/mol. The first-order valence-electron chi connectivity index (χ1n) is 6.85. The van der Waals surface area contributed by atoms with Crippen molar-refractivity contribution in [1.82, 2.24) is 19.9 Å². The molecule has 0 saturated carbocycles. The summed E-state index contributed by atoms with van der Waals surface area (Å²) in [7, 11) is 0. The number of fused-ring (bicyclic) bond motifs is 1. The molecular formula is C14H12F4N4O. The number of nitrogens with zero attached hydrogens (tertiary/aromatic N) is 3. The maximum Gasteiger partial charge on any atom is 0.449 e. The minimum atomic E-state index is -4.68. The Bertz CT molecular complexity index is 770. The first kappa shape index (κ1) is 15.6. The maximum atomic E-state index is 12.8. The van der Waals surface area contributed by atoms with Crippen molar-refractivity contribution < 1.29 is 17.6 Å². The van der Waals surface area contributed by atoms with Gasteiger partial charge < -0.3 is 4.98 Å². The number of alkyl halides is 3. The van der Waals surface area contributed by atoms with Crippen molar-refractivity contribution in [3.8, 4) is 0 Å². The molecule has 9 heteroatoms. The Morgan fingerprint density at radius 1 is 1.30 bits per heavy atom. The topological polar surface area (TPSA) is 61.9 Å². The highest BCUT2D eigenvalue weighted by atomic mass is 19.4. The van der Waals surface area contributed by atoms with Crippen LogP contribution < -0.4 is 5.56 Å². The van der Waals surface area contributed by atoms with Crippen LogP contribution in [-0.2, 0) is 25.7 Å². The van der Waals surface area contributed by atoms with Crippen LogP contribution >= 0.6 is 0 Å². The van der Waals surface area contributed by atoms with E-state index in [0.717, 1.165) is 5.56 Å². The lowest BCUT2D eigenvalue weighted by Crippen LogP contribution is -2.36. The highest BCUT2D eigenvalue weighted by Gasteiger charge is 2.35. The van der Waals surface area contributed by atoms with Crippen molar-refractivity contribution >= 4 is 0 Å². The Balaban J connectivity index is 1.81. The van der Waals surface area contributed by atoms with E-state index in [9.17, 15) is 22.4 Å². The summed E-state index contributed by atoms with van der Waals surface area (Å²) >= 11 is 0. The molecule has 3 heterocycles. The van der Waals surface area contributed by atoms with Gasteiger partial charge in [-0.15, -0.1) is 0 Å². The molecule has 2 aromatic heterocycles. The molecule has 0 aromatic carbocycles. The predicted octanol–water partition coefficient (Wildman–Crippen LogP) is 1.88. The van der Waals surface area contributed by atoms with Crippen LogP contribution in [0.5, 0.6) is 0 Å². The van der Waals surface area contributed by atoms with Gasteiger partial charge in [-0.25, -0.2) is 9.97 Å². The Hall–Kier alpha value is -2.29. The van der Waals surface area contributed by atoms with E-state index in [1.165, 1.54) is 12.3 Å². The SMILES string of the molecule is O=c1[nH]c(C(F)(F)F)nc2c1CN(Cc1ccc(F)nc1)CC2. The molecule has 1 aliphatic heterocycles. The zero-order valence-electron chi connectivity index (χ0n) is 11.8. The third kappa shape index (κ3) is 3.39. The van der Waals surface area contributed by atoms with E-state index in [0.29, 0.717) is 13.1 Å². The minimum Gasteiger partial charge on any atom is -0.303 e. The van der Waals surface area contributed by atoms with Crippen molar-refractivity contribution in [2.75, 3.05) is 6.54 Å². The van der Waals surface area contributed by atoms with Crippen LogP contribution in [-0.4, -0.2) is 26.4 Å². The Morgan fingerprint density at radius 3 is 2.74 bits per heavy atom. The van der Waals surface area contributed by atoms with E-state index in [1.807, 2.05) is 4.90 Å². The third-order valence-corrected chi connectivity index (χ3v) is 3.61. The van der Waals surface area contributed by atoms with Gasteiger partial charge in [-0.2, -0.15) is 17.6 Å². The van der Waals surface area contributed by atoms with E-state index in [4.69, 9.17) is 0 Å². The van der Waals surface area contributed by atoms with Crippen molar-refractivity contribution in [3.05, 3.63) is 57.3 Å². The first-order valence-corrected chi connectivity index (χ1v) is 6.85. The van der Waals surface area contributed by atoms with Crippen molar-refractivity contribution in [2.24, 2.45) is 0 Å². The van der Waals surface area contributed by atoms with Gasteiger partial charge in [-0.3, -0.25) is 9.69 Å². The van der Waals surface area contributed by atoms with E-state index in [-0.39, 0.29) is 24.2 Å². The van der Waals surface area contributed by atoms with Crippen molar-refractivity contribution in [1.29, 1.82) is 0 Å². The molecule has 0 radical (unpaired) electrons. The molecule has 0 bridgehead atoms. The smallest absolute Gasteiger partial charge is 0.303 e. The number of hydrogen-bond acceptors (Lipinski definition) is 4. The second kappa shape index (κ2) is 5.73. The summed E-state index contributed by atoms with van der Waals surface area (Å²) in [5, 5.41) is 0. The quantitative estimate of drug-likeness (QED) is 0.675. The molecule has 3 rings (SSSR count). The van der Waals surface area contributed by atoms with Gasteiger partial charge in [0.25, 0.3) is 5.56 Å². The lowest BCUT2D eigenvalue weighted by molar-refractivity contribution is -0.145. The summed E-state index contributed by atoms with van der Waals surface area (Å²) in [6.45, 7) is 1.07. The minimum absolute atomic E-state index is 0.176. The van der Waals surface area contributed by atoms with Gasteiger partial charge in [-0.1, -0.05) is 6.07 Å². The number of H-pyrrole nitrogens is 1. The van der Waals surface area contributed by atoms with Crippen LogP contribution in [0.1, 0.15) is 22.6 Å². The fourth-order valence-corrected chi connectivity index (χ4v) is 2.51. The lowest BCUT2D eigenvalue weighted by atomic mass is 10.1. The molecule has 5 nitrogen and oxygen atoms in total. The Labute approximate surface area is 128 Å². The van der Waals surface area contributed by atoms with E-state index in [2.05, 4.69) is 9.97 Å². The lowest BCUT2D eigenvalue weighted by Gasteiger charge is -2.27. The molecule has 0 fully saturated rings. The molecule has 2 aromatic rings. The summed E-state index contributed by atoms with van der Waals surface area (Å²) in [5.74, 6) is -1.85. The summed E-state index contributed by atoms with van der Waals surface area (Å²) in [5.41, 5.74) is 0.393. The Kier molecular flexibility index (Phi) is 3.88. The number of aromatic amines is 1. The van der Waals surface area contributed by atoms with Gasteiger partial charge in [-0.05, 0) is 11.6 Å². The second-order valence-corrected chi connectivity index (χ2v) is 5.29. The second-order valence-electron chi connectivity index (χ2n) is 5.29. The van der Waals surface area contributed by atoms with E-state index < -0.39 is 23.5 Å². The zero-order chi connectivity index (χ0) is 16.6. The van der Waals surface area contributed by atoms with Gasteiger partial charge in [0, 0.05) is 32.3 Å². The van der Waals surface area contributed by atoms with Crippen LogP contribution in [0.4, 0.5) is 17.6 Å². The highest BCUT2D eigenvalue weighted by Crippen LogP contribution is 2.26. The zero-order valence-corrected chi connectivity index (χ0v) is 11.8. The maximum absolute atomic E-state index is 12.8. The van der Waals surface area contributed by atoms with Gasteiger partial charge in [0.1, 0.15) is 0 Å². The number of hydrogen-bond donors (Lipinski definition) is 1. The molecular weight excluding hydrogens is 316 g/mol. The number of halogens is 4. The molecule has 23 heavy (non-hydrogen) atoms. The summed E-state index contributed by atoms with van der Waals surface area (Å²) < 4.78 is 50.7. The monoisotopic (exact) mass is 328 g/mol. The van der Waals surface area contributed by atoms with E-state index in [1.54, 1.807) is 11.1 Å². The van der Waals surface area contributed by atoms with E-state index >= 15 is 0 Å². The van der Waals surface area contributed by atoms with Crippen molar-refractivity contribution in [2.45, 2.75) is 25.7 Å². The highest BCUT2D eigenvalue weighted by molar-refractivity contribution is 5.22. The number of rotatable bonds is 2. The fourth-order valence-electron chi connectivity index (χ4n) is 2.51. The standard InChI is InChI=1S/C14H12F4N4O/c15-11-2-1-8(5-19-11)6-22-4-3-10-9(7-22)12(23)21-13(20-10)14(16,17)18/h1-2,5H,3-4,6-7H2,(H,20,21,23). The third-order valence-electron chi connectivity index (χ3n) is 3.61. The van der Waals surface area contributed by atoms with Crippen LogP contribution in [0.15, 0.2) is 23.1 Å². The number of aromatic nitrogens is 3. The predicted molar refractivity (Wildman–Crippen MR) is 71.9 cm³/mol. The Morgan fingerprint density at radius 2 is 2.09 bits per heavy atom. The molecule has 1 aliphatic rings. The fraction of sp³-hybridized carbons (Fsp3) is 0.357. The molecule has 0 saturated heterocycles. The molecule has 0 unspecified atom stereocenters. The van der Waals surface area contributed by atoms with Crippen LogP contribution in [0, 0.1) is 5.95 Å². The van der Waals surface area contributed by atoms with Crippen LogP contribution in [0.3, 0.4) is 0 Å².